The monoisotopic (exact) mass is 435 g/mol. The second-order valence-corrected chi connectivity index (χ2v) is 8.21. The van der Waals surface area contributed by atoms with Crippen LogP contribution in [0.5, 0.6) is 0 Å². The Morgan fingerprint density at radius 2 is 2.09 bits per heavy atom. The van der Waals surface area contributed by atoms with E-state index in [1.54, 1.807) is 6.20 Å². The van der Waals surface area contributed by atoms with Crippen molar-refractivity contribution in [2.75, 3.05) is 6.61 Å². The normalized spacial score (nSPS) is 19.8. The first-order valence-electron chi connectivity index (χ1n) is 11.2. The van der Waals surface area contributed by atoms with E-state index in [-0.39, 0.29) is 29.3 Å². The number of amides is 1. The number of nitrogens with one attached hydrogen (secondary N) is 2. The van der Waals surface area contributed by atoms with Gasteiger partial charge in [-0.1, -0.05) is 6.07 Å². The Kier molecular flexibility index (Phi) is 6.39. The summed E-state index contributed by atoms with van der Waals surface area (Å²) in [6.45, 7) is 2.29. The molecule has 32 heavy (non-hydrogen) atoms. The minimum absolute atomic E-state index is 0.0152. The molecule has 0 radical (unpaired) electrons. The third-order valence-electron chi connectivity index (χ3n) is 6.12. The summed E-state index contributed by atoms with van der Waals surface area (Å²) in [7, 11) is 0. The minimum atomic E-state index is -0.381. The Morgan fingerprint density at radius 3 is 2.88 bits per heavy atom. The summed E-state index contributed by atoms with van der Waals surface area (Å²) in [4.78, 5) is 25.0. The van der Waals surface area contributed by atoms with Crippen molar-refractivity contribution < 1.29 is 14.3 Å². The van der Waals surface area contributed by atoms with Crippen molar-refractivity contribution in [2.45, 2.75) is 57.9 Å². The molecule has 1 amide bonds. The number of benzene rings is 1. The fraction of sp³-hybridized carbons (Fsp3) is 0.417. The molecule has 8 nitrogen and oxygen atoms in total. The van der Waals surface area contributed by atoms with Crippen LogP contribution < -0.4 is 11.1 Å². The average Bonchev–Trinajstić information content (AvgIpc) is 3.24. The van der Waals surface area contributed by atoms with Crippen LogP contribution in [0.25, 0.3) is 5.69 Å². The fourth-order valence-electron chi connectivity index (χ4n) is 4.47. The van der Waals surface area contributed by atoms with Crippen molar-refractivity contribution in [1.29, 1.82) is 5.41 Å². The first-order valence-corrected chi connectivity index (χ1v) is 11.2. The van der Waals surface area contributed by atoms with Gasteiger partial charge in [-0.3, -0.25) is 15.0 Å². The van der Waals surface area contributed by atoms with Gasteiger partial charge < -0.3 is 15.8 Å². The molecule has 1 aromatic carbocycles. The van der Waals surface area contributed by atoms with E-state index in [1.165, 1.54) is 0 Å². The highest BCUT2D eigenvalue weighted by molar-refractivity contribution is 6.05. The lowest BCUT2D eigenvalue weighted by atomic mass is 9.91. The number of aromatic nitrogens is 2. The molecule has 2 aliphatic carbocycles. The summed E-state index contributed by atoms with van der Waals surface area (Å²) >= 11 is 0. The van der Waals surface area contributed by atoms with Crippen LogP contribution in [-0.2, 0) is 20.7 Å². The molecule has 2 aliphatic rings. The van der Waals surface area contributed by atoms with Crippen molar-refractivity contribution in [3.8, 4) is 5.69 Å². The molecule has 1 unspecified atom stereocenters. The third kappa shape index (κ3) is 4.30. The van der Waals surface area contributed by atoms with E-state index in [9.17, 15) is 9.59 Å². The molecule has 8 heteroatoms. The predicted octanol–water partition coefficient (Wildman–Crippen LogP) is 3.08. The fourth-order valence-corrected chi connectivity index (χ4v) is 4.47. The first kappa shape index (κ1) is 21.8. The van der Waals surface area contributed by atoms with Crippen molar-refractivity contribution in [3.63, 3.8) is 0 Å². The van der Waals surface area contributed by atoms with Crippen molar-refractivity contribution >= 4 is 17.6 Å². The zero-order valence-corrected chi connectivity index (χ0v) is 18.3. The second-order valence-electron chi connectivity index (χ2n) is 8.21. The molecule has 2 aromatic rings. The number of carbonyl (C=O) groups excluding carboxylic acids is 2. The molecule has 4 rings (SSSR count). The van der Waals surface area contributed by atoms with Gasteiger partial charge in [-0.05, 0) is 63.6 Å². The van der Waals surface area contributed by atoms with E-state index in [2.05, 4.69) is 10.4 Å². The van der Waals surface area contributed by atoms with E-state index in [0.717, 1.165) is 49.0 Å². The number of ketones is 1. The lowest BCUT2D eigenvalue weighted by molar-refractivity contribution is -0.120. The zero-order valence-electron chi connectivity index (χ0n) is 18.3. The van der Waals surface area contributed by atoms with Crippen LogP contribution >= 0.6 is 0 Å². The molecule has 4 N–H and O–H groups in total. The maximum Gasteiger partial charge on any atom is 0.268 e. The standard InChI is InChI=1S/C24H29N5O3/c1-2-32-23(26)15-7-5-8-16(13-15)29-20-11-6-10-19(18(20)14-27-29)28-24(31)22(25)17-9-3-4-12-21(17)30/h5,7-8,13-14,19,26H,2-4,6,9-12,25H2,1H3,(H,28,31). The van der Waals surface area contributed by atoms with Crippen LogP contribution in [0.3, 0.4) is 0 Å². The van der Waals surface area contributed by atoms with Crippen LogP contribution in [0.15, 0.2) is 41.7 Å². The highest BCUT2D eigenvalue weighted by Crippen LogP contribution is 2.32. The SMILES string of the molecule is CCOC(=N)c1cccc(-n2ncc3c2CCCC3NC(=O)C(N)=C2CCCCC2=O)c1. The Hall–Kier alpha value is -3.42. The Morgan fingerprint density at radius 1 is 1.28 bits per heavy atom. The van der Waals surface area contributed by atoms with Gasteiger partial charge in [0.2, 0.25) is 5.90 Å². The minimum Gasteiger partial charge on any atom is -0.478 e. The van der Waals surface area contributed by atoms with Gasteiger partial charge in [0.1, 0.15) is 5.70 Å². The van der Waals surface area contributed by atoms with Gasteiger partial charge >= 0.3 is 0 Å². The number of nitrogens with zero attached hydrogens (tertiary/aromatic N) is 2. The van der Waals surface area contributed by atoms with Crippen LogP contribution in [0.4, 0.5) is 0 Å². The largest absolute Gasteiger partial charge is 0.478 e. The van der Waals surface area contributed by atoms with E-state index in [4.69, 9.17) is 15.9 Å². The molecule has 0 bridgehead atoms. The number of fused-ring (bicyclic) bond motifs is 1. The quantitative estimate of drug-likeness (QED) is 0.378. The number of Topliss-reactive ketones (excluding diaryl/α,β-unsaturated/α-hetero) is 1. The summed E-state index contributed by atoms with van der Waals surface area (Å²) in [6.07, 6.45) is 7.08. The number of carbonyl (C=O) groups is 2. The summed E-state index contributed by atoms with van der Waals surface area (Å²) in [5.74, 6) is -0.271. The summed E-state index contributed by atoms with van der Waals surface area (Å²) in [5.41, 5.74) is 10.1. The topological polar surface area (TPSA) is 123 Å². The second kappa shape index (κ2) is 9.38. The molecule has 0 saturated heterocycles. The molecule has 0 aliphatic heterocycles. The van der Waals surface area contributed by atoms with Crippen LogP contribution in [0.1, 0.15) is 68.3 Å². The first-order chi connectivity index (χ1) is 15.5. The van der Waals surface area contributed by atoms with Crippen LogP contribution in [-0.4, -0.2) is 34.0 Å². The van der Waals surface area contributed by atoms with Crippen LogP contribution in [0.2, 0.25) is 0 Å². The van der Waals surface area contributed by atoms with E-state index >= 15 is 0 Å². The van der Waals surface area contributed by atoms with Crippen molar-refractivity contribution in [3.05, 3.63) is 58.6 Å². The van der Waals surface area contributed by atoms with Crippen molar-refractivity contribution in [1.82, 2.24) is 15.1 Å². The highest BCUT2D eigenvalue weighted by atomic mass is 16.5. The Bertz CT molecular complexity index is 1090. The lowest BCUT2D eigenvalue weighted by Crippen LogP contribution is -2.35. The van der Waals surface area contributed by atoms with Gasteiger partial charge in [-0.2, -0.15) is 5.10 Å². The summed E-state index contributed by atoms with van der Waals surface area (Å²) < 4.78 is 7.18. The van der Waals surface area contributed by atoms with Gasteiger partial charge in [0.15, 0.2) is 5.78 Å². The average molecular weight is 436 g/mol. The van der Waals surface area contributed by atoms with Gasteiger partial charge in [0.25, 0.3) is 5.91 Å². The van der Waals surface area contributed by atoms with Gasteiger partial charge in [-0.15, -0.1) is 0 Å². The van der Waals surface area contributed by atoms with Gasteiger partial charge in [-0.25, -0.2) is 4.68 Å². The number of hydrogen-bond acceptors (Lipinski definition) is 6. The summed E-state index contributed by atoms with van der Waals surface area (Å²) in [6, 6.07) is 7.33. The zero-order chi connectivity index (χ0) is 22.7. The molecular weight excluding hydrogens is 406 g/mol. The number of allylic oxidation sites excluding steroid dienone is 1. The van der Waals surface area contributed by atoms with E-state index in [0.29, 0.717) is 30.6 Å². The molecular formula is C24H29N5O3. The third-order valence-corrected chi connectivity index (χ3v) is 6.12. The molecule has 1 aromatic heterocycles. The van der Waals surface area contributed by atoms with Crippen molar-refractivity contribution in [2.24, 2.45) is 5.73 Å². The molecule has 1 fully saturated rings. The molecule has 1 heterocycles. The lowest BCUT2D eigenvalue weighted by Gasteiger charge is -2.25. The Balaban J connectivity index is 1.57. The maximum atomic E-state index is 12.8. The molecule has 1 atom stereocenters. The number of hydrogen-bond donors (Lipinski definition) is 3. The number of nitrogens with two attached hydrogens (primary N) is 1. The Labute approximate surface area is 187 Å². The molecule has 1 saturated carbocycles. The maximum absolute atomic E-state index is 12.8. The van der Waals surface area contributed by atoms with Crippen LogP contribution in [0, 0.1) is 5.41 Å². The van der Waals surface area contributed by atoms with Gasteiger partial charge in [0.05, 0.1) is 24.5 Å². The number of rotatable bonds is 5. The smallest absolute Gasteiger partial charge is 0.268 e. The summed E-state index contributed by atoms with van der Waals surface area (Å²) in [5, 5.41) is 15.6. The van der Waals surface area contributed by atoms with E-state index < -0.39 is 0 Å². The van der Waals surface area contributed by atoms with E-state index in [1.807, 2.05) is 35.9 Å². The predicted molar refractivity (Wildman–Crippen MR) is 121 cm³/mol. The molecule has 168 valence electrons. The van der Waals surface area contributed by atoms with Gasteiger partial charge in [0, 0.05) is 28.8 Å². The molecule has 0 spiro atoms. The highest BCUT2D eigenvalue weighted by Gasteiger charge is 2.28. The number of ether oxygens (including phenoxy) is 1.